The Bertz CT molecular complexity index is 1090. The highest BCUT2D eigenvalue weighted by Gasteiger charge is 2.24. The third kappa shape index (κ3) is 2.40. The summed E-state index contributed by atoms with van der Waals surface area (Å²) >= 11 is 6.25. The van der Waals surface area contributed by atoms with Crippen molar-refractivity contribution in [3.63, 3.8) is 0 Å². The molecule has 0 aliphatic carbocycles. The summed E-state index contributed by atoms with van der Waals surface area (Å²) in [5.41, 5.74) is 6.73. The molecule has 0 unspecified atom stereocenters. The number of halogens is 3. The molecule has 8 heteroatoms. The van der Waals surface area contributed by atoms with Crippen LogP contribution in [0.25, 0.3) is 33.4 Å². The predicted octanol–water partition coefficient (Wildman–Crippen LogP) is 4.20. The van der Waals surface area contributed by atoms with Crippen LogP contribution in [-0.2, 0) is 0 Å². The van der Waals surface area contributed by atoms with Crippen LogP contribution in [0.1, 0.15) is 0 Å². The van der Waals surface area contributed by atoms with Gasteiger partial charge in [-0.1, -0.05) is 35.9 Å². The molecule has 0 atom stereocenters. The van der Waals surface area contributed by atoms with Crippen molar-refractivity contribution in [1.29, 1.82) is 0 Å². The van der Waals surface area contributed by atoms with Crippen molar-refractivity contribution in [3.05, 3.63) is 59.1 Å². The third-order valence-electron chi connectivity index (χ3n) is 3.85. The second-order valence-corrected chi connectivity index (χ2v) is 5.74. The number of nitrogens with one attached hydrogen (secondary N) is 1. The number of hydrogen-bond acceptors (Lipinski definition) is 4. The molecule has 4 rings (SSSR count). The first-order chi connectivity index (χ1) is 12.1. The summed E-state index contributed by atoms with van der Waals surface area (Å²) in [5.74, 6) is -1.43. The number of hydrogen-bond donors (Lipinski definition) is 2. The highest BCUT2D eigenvalue weighted by atomic mass is 35.5. The van der Waals surface area contributed by atoms with Crippen LogP contribution in [-0.4, -0.2) is 20.4 Å². The van der Waals surface area contributed by atoms with Gasteiger partial charge in [-0.05, 0) is 18.2 Å². The molecule has 124 valence electrons. The standard InChI is InChI=1S/C17H10ClF2N5/c18-9-5-2-1-4-8(9)15-13(12-10(19)6-3-7-11(12)20)14-16(21)23-25-17(14)24-22-15/h1-7H,(H3,21,23,24,25). The van der Waals surface area contributed by atoms with Gasteiger partial charge in [-0.25, -0.2) is 8.78 Å². The SMILES string of the molecule is Nc1n[nH]c2nnc(-c3ccccc3Cl)c(-c3c(F)cccc3F)c12. The van der Waals surface area contributed by atoms with Gasteiger partial charge in [0.05, 0.1) is 16.0 Å². The van der Waals surface area contributed by atoms with Crippen LogP contribution in [0, 0.1) is 11.6 Å². The number of nitrogens with zero attached hydrogens (tertiary/aromatic N) is 3. The van der Waals surface area contributed by atoms with Crippen molar-refractivity contribution in [2.45, 2.75) is 0 Å². The quantitative estimate of drug-likeness (QED) is 0.563. The van der Waals surface area contributed by atoms with E-state index >= 15 is 0 Å². The van der Waals surface area contributed by atoms with E-state index in [1.807, 2.05) is 0 Å². The molecule has 2 aromatic carbocycles. The number of anilines is 1. The number of benzene rings is 2. The van der Waals surface area contributed by atoms with E-state index in [2.05, 4.69) is 20.4 Å². The Labute approximate surface area is 145 Å². The van der Waals surface area contributed by atoms with Crippen LogP contribution in [0.5, 0.6) is 0 Å². The highest BCUT2D eigenvalue weighted by molar-refractivity contribution is 6.33. The summed E-state index contributed by atoms with van der Waals surface area (Å²) in [5, 5.41) is 15.3. The fraction of sp³-hybridized carbons (Fsp3) is 0. The minimum Gasteiger partial charge on any atom is -0.382 e. The second-order valence-electron chi connectivity index (χ2n) is 5.33. The Morgan fingerprint density at radius 2 is 1.64 bits per heavy atom. The molecular weight excluding hydrogens is 348 g/mol. The van der Waals surface area contributed by atoms with Crippen LogP contribution in [0.15, 0.2) is 42.5 Å². The van der Waals surface area contributed by atoms with Gasteiger partial charge < -0.3 is 5.73 Å². The molecule has 0 amide bonds. The minimum absolute atomic E-state index is 0.0656. The molecule has 5 nitrogen and oxygen atoms in total. The van der Waals surface area contributed by atoms with E-state index in [1.54, 1.807) is 24.3 Å². The number of nitrogens with two attached hydrogens (primary N) is 1. The van der Waals surface area contributed by atoms with Gasteiger partial charge in [-0.2, -0.15) is 5.10 Å². The van der Waals surface area contributed by atoms with Crippen LogP contribution < -0.4 is 5.73 Å². The predicted molar refractivity (Wildman–Crippen MR) is 91.9 cm³/mol. The Hall–Kier alpha value is -3.06. The molecule has 0 spiro atoms. The first-order valence-electron chi connectivity index (χ1n) is 7.27. The number of aromatic amines is 1. The van der Waals surface area contributed by atoms with Crippen molar-refractivity contribution >= 4 is 28.5 Å². The maximum atomic E-state index is 14.5. The van der Waals surface area contributed by atoms with Crippen molar-refractivity contribution in [3.8, 4) is 22.4 Å². The van der Waals surface area contributed by atoms with Gasteiger partial charge in [-0.3, -0.25) is 5.10 Å². The fourth-order valence-corrected chi connectivity index (χ4v) is 2.98. The highest BCUT2D eigenvalue weighted by Crippen LogP contribution is 2.41. The van der Waals surface area contributed by atoms with Crippen molar-refractivity contribution in [2.75, 3.05) is 5.73 Å². The summed E-state index contributed by atoms with van der Waals surface area (Å²) in [6, 6.07) is 10.4. The van der Waals surface area contributed by atoms with Crippen molar-refractivity contribution in [2.24, 2.45) is 0 Å². The average molecular weight is 358 g/mol. The second kappa shape index (κ2) is 5.78. The Morgan fingerprint density at radius 1 is 0.920 bits per heavy atom. The normalized spacial score (nSPS) is 11.2. The van der Waals surface area contributed by atoms with Crippen LogP contribution >= 0.6 is 11.6 Å². The van der Waals surface area contributed by atoms with E-state index in [1.165, 1.54) is 6.07 Å². The molecule has 3 N–H and O–H groups in total. The molecule has 2 heterocycles. The van der Waals surface area contributed by atoms with Gasteiger partial charge >= 0.3 is 0 Å². The molecule has 0 radical (unpaired) electrons. The van der Waals surface area contributed by atoms with E-state index in [0.29, 0.717) is 10.6 Å². The first-order valence-corrected chi connectivity index (χ1v) is 7.65. The van der Waals surface area contributed by atoms with E-state index < -0.39 is 11.6 Å². The van der Waals surface area contributed by atoms with E-state index in [9.17, 15) is 8.78 Å². The molecule has 0 aliphatic heterocycles. The maximum absolute atomic E-state index is 14.5. The Balaban J connectivity index is 2.19. The molecule has 0 bridgehead atoms. The van der Waals surface area contributed by atoms with E-state index in [4.69, 9.17) is 17.3 Å². The zero-order valence-electron chi connectivity index (χ0n) is 12.6. The maximum Gasteiger partial charge on any atom is 0.180 e. The largest absolute Gasteiger partial charge is 0.382 e. The molecule has 0 aliphatic rings. The zero-order chi connectivity index (χ0) is 17.6. The van der Waals surface area contributed by atoms with Gasteiger partial charge in [0, 0.05) is 11.1 Å². The molecule has 0 fully saturated rings. The lowest BCUT2D eigenvalue weighted by molar-refractivity contribution is 0.590. The van der Waals surface area contributed by atoms with Gasteiger partial charge in [0.15, 0.2) is 11.5 Å². The lowest BCUT2D eigenvalue weighted by Crippen LogP contribution is -1.99. The molecule has 2 aromatic heterocycles. The number of rotatable bonds is 2. The van der Waals surface area contributed by atoms with Crippen molar-refractivity contribution < 1.29 is 8.78 Å². The Morgan fingerprint density at radius 3 is 2.36 bits per heavy atom. The molecule has 0 saturated heterocycles. The summed E-state index contributed by atoms with van der Waals surface area (Å²) < 4.78 is 29.0. The number of aromatic nitrogens is 4. The van der Waals surface area contributed by atoms with Crippen LogP contribution in [0.3, 0.4) is 0 Å². The summed E-state index contributed by atoms with van der Waals surface area (Å²) in [6.07, 6.45) is 0. The molecule has 25 heavy (non-hydrogen) atoms. The number of fused-ring (bicyclic) bond motifs is 1. The van der Waals surface area contributed by atoms with E-state index in [0.717, 1.165) is 12.1 Å². The lowest BCUT2D eigenvalue weighted by Gasteiger charge is -2.12. The smallest absolute Gasteiger partial charge is 0.180 e. The minimum atomic E-state index is -0.747. The van der Waals surface area contributed by atoms with Gasteiger partial charge in [-0.15, -0.1) is 10.2 Å². The van der Waals surface area contributed by atoms with Crippen LogP contribution in [0.4, 0.5) is 14.6 Å². The zero-order valence-corrected chi connectivity index (χ0v) is 13.4. The Kier molecular flexibility index (Phi) is 3.58. The first kappa shape index (κ1) is 15.5. The van der Waals surface area contributed by atoms with Crippen molar-refractivity contribution in [1.82, 2.24) is 20.4 Å². The molecule has 0 saturated carbocycles. The number of H-pyrrole nitrogens is 1. The van der Waals surface area contributed by atoms with Gasteiger partial charge in [0.2, 0.25) is 0 Å². The lowest BCUT2D eigenvalue weighted by atomic mass is 9.96. The summed E-state index contributed by atoms with van der Waals surface area (Å²) in [4.78, 5) is 0. The summed E-state index contributed by atoms with van der Waals surface area (Å²) in [6.45, 7) is 0. The molecular formula is C17H10ClF2N5. The average Bonchev–Trinajstić information content (AvgIpc) is 2.97. The fourth-order valence-electron chi connectivity index (χ4n) is 2.76. The van der Waals surface area contributed by atoms with Gasteiger partial charge in [0.25, 0.3) is 0 Å². The topological polar surface area (TPSA) is 80.5 Å². The van der Waals surface area contributed by atoms with Crippen LogP contribution in [0.2, 0.25) is 5.02 Å². The molecule has 4 aromatic rings. The number of nitrogen functional groups attached to an aromatic ring is 1. The third-order valence-corrected chi connectivity index (χ3v) is 4.18. The van der Waals surface area contributed by atoms with E-state index in [-0.39, 0.29) is 33.7 Å². The summed E-state index contributed by atoms with van der Waals surface area (Å²) in [7, 11) is 0. The van der Waals surface area contributed by atoms with Gasteiger partial charge in [0.1, 0.15) is 17.3 Å². The monoisotopic (exact) mass is 357 g/mol.